The van der Waals surface area contributed by atoms with Crippen LogP contribution in [0.4, 0.5) is 0 Å². The fraction of sp³-hybridized carbons (Fsp3) is 0.476. The molecule has 0 radical (unpaired) electrons. The predicted molar refractivity (Wildman–Crippen MR) is 120 cm³/mol. The fourth-order valence-corrected chi connectivity index (χ4v) is 3.50. The number of piperidine rings is 1. The van der Waals surface area contributed by atoms with E-state index in [0.29, 0.717) is 24.2 Å². The first-order chi connectivity index (χ1) is 14.6. The first-order valence-corrected chi connectivity index (χ1v) is 10.7. The fourth-order valence-electron chi connectivity index (χ4n) is 3.38. The predicted octanol–water partition coefficient (Wildman–Crippen LogP) is 1.79. The van der Waals surface area contributed by atoms with Crippen LogP contribution >= 0.6 is 11.6 Å². The van der Waals surface area contributed by atoms with Gasteiger partial charge in [-0.25, -0.2) is 9.67 Å². The molecular weight excluding hydrogens is 402 g/mol. The van der Waals surface area contributed by atoms with Crippen LogP contribution < -0.4 is 16.0 Å². The van der Waals surface area contributed by atoms with E-state index >= 15 is 0 Å². The summed E-state index contributed by atoms with van der Waals surface area (Å²) < 4.78 is 1.82. The zero-order chi connectivity index (χ0) is 21.3. The second kappa shape index (κ2) is 11.0. The van der Waals surface area contributed by atoms with Crippen molar-refractivity contribution in [2.24, 2.45) is 4.99 Å². The van der Waals surface area contributed by atoms with Crippen LogP contribution in [0.1, 0.15) is 25.3 Å². The summed E-state index contributed by atoms with van der Waals surface area (Å²) in [4.78, 5) is 18.4. The van der Waals surface area contributed by atoms with E-state index in [4.69, 9.17) is 16.6 Å². The van der Waals surface area contributed by atoms with Crippen LogP contribution in [0.2, 0.25) is 5.02 Å². The summed E-state index contributed by atoms with van der Waals surface area (Å²) in [6.07, 6.45) is 5.78. The van der Waals surface area contributed by atoms with Gasteiger partial charge < -0.3 is 16.0 Å². The highest BCUT2D eigenvalue weighted by molar-refractivity contribution is 6.30. The number of aromatic nitrogens is 2. The molecule has 3 rings (SSSR count). The van der Waals surface area contributed by atoms with Crippen LogP contribution in [0.15, 0.2) is 41.7 Å². The SMILES string of the molecule is CCNC(=NCc1cnn(-c2ccc(Cl)cc2)c1)NC1CCN(CC(=O)NC)CC1. The van der Waals surface area contributed by atoms with Crippen molar-refractivity contribution in [2.75, 3.05) is 33.2 Å². The van der Waals surface area contributed by atoms with Gasteiger partial charge in [-0.1, -0.05) is 11.6 Å². The number of nitrogens with zero attached hydrogens (tertiary/aromatic N) is 4. The molecule has 0 unspecified atom stereocenters. The lowest BCUT2D eigenvalue weighted by atomic mass is 10.1. The molecule has 0 spiro atoms. The highest BCUT2D eigenvalue weighted by atomic mass is 35.5. The number of guanidine groups is 1. The molecule has 0 bridgehead atoms. The number of rotatable bonds is 7. The van der Waals surface area contributed by atoms with Crippen molar-refractivity contribution in [3.05, 3.63) is 47.2 Å². The van der Waals surface area contributed by atoms with E-state index in [9.17, 15) is 4.79 Å². The van der Waals surface area contributed by atoms with E-state index in [2.05, 4.69) is 32.9 Å². The van der Waals surface area contributed by atoms with Crippen LogP contribution in [0.25, 0.3) is 5.69 Å². The van der Waals surface area contributed by atoms with Crippen molar-refractivity contribution in [1.29, 1.82) is 0 Å². The Hall–Kier alpha value is -2.58. The number of likely N-dealkylation sites (tertiary alicyclic amines) is 1. The molecule has 1 aliphatic heterocycles. The number of benzene rings is 1. The number of hydrogen-bond donors (Lipinski definition) is 3. The Bertz CT molecular complexity index is 841. The van der Waals surface area contributed by atoms with E-state index in [1.165, 1.54) is 0 Å². The molecule has 0 aliphatic carbocycles. The number of carbonyl (C=O) groups is 1. The minimum absolute atomic E-state index is 0.0652. The molecule has 2 heterocycles. The van der Waals surface area contributed by atoms with E-state index in [-0.39, 0.29) is 5.91 Å². The molecule has 8 nitrogen and oxygen atoms in total. The van der Waals surface area contributed by atoms with Crippen molar-refractivity contribution in [2.45, 2.75) is 32.4 Å². The third-order valence-electron chi connectivity index (χ3n) is 5.07. The van der Waals surface area contributed by atoms with Crippen LogP contribution in [-0.4, -0.2) is 65.8 Å². The van der Waals surface area contributed by atoms with Crippen LogP contribution in [0.5, 0.6) is 0 Å². The van der Waals surface area contributed by atoms with Gasteiger partial charge in [0, 0.05) is 49.5 Å². The maximum Gasteiger partial charge on any atom is 0.233 e. The average molecular weight is 432 g/mol. The van der Waals surface area contributed by atoms with Gasteiger partial charge in [-0.05, 0) is 44.0 Å². The topological polar surface area (TPSA) is 86.6 Å². The zero-order valence-electron chi connectivity index (χ0n) is 17.6. The van der Waals surface area contributed by atoms with Gasteiger partial charge in [-0.3, -0.25) is 9.69 Å². The normalized spacial score (nSPS) is 15.8. The Morgan fingerprint density at radius 3 is 2.67 bits per heavy atom. The third kappa shape index (κ3) is 6.47. The summed E-state index contributed by atoms with van der Waals surface area (Å²) in [7, 11) is 1.68. The number of likely N-dealkylation sites (N-methyl/N-ethyl adjacent to an activating group) is 1. The van der Waals surface area contributed by atoms with Gasteiger partial charge in [0.1, 0.15) is 0 Å². The van der Waals surface area contributed by atoms with Gasteiger partial charge >= 0.3 is 0 Å². The van der Waals surface area contributed by atoms with Crippen molar-refractivity contribution in [3.8, 4) is 5.69 Å². The molecule has 1 saturated heterocycles. The quantitative estimate of drug-likeness (QED) is 0.459. The average Bonchev–Trinajstić information content (AvgIpc) is 3.23. The molecular formula is C21H30ClN7O. The van der Waals surface area contributed by atoms with E-state index < -0.39 is 0 Å². The highest BCUT2D eigenvalue weighted by Crippen LogP contribution is 2.14. The molecule has 1 aromatic heterocycles. The van der Waals surface area contributed by atoms with Crippen LogP contribution in [-0.2, 0) is 11.3 Å². The summed E-state index contributed by atoms with van der Waals surface area (Å²) in [5.74, 6) is 0.872. The zero-order valence-corrected chi connectivity index (χ0v) is 18.3. The van der Waals surface area contributed by atoms with Crippen LogP contribution in [0, 0.1) is 0 Å². The van der Waals surface area contributed by atoms with Gasteiger partial charge in [0.05, 0.1) is 25.0 Å². The Labute approximate surface area is 182 Å². The Kier molecular flexibility index (Phi) is 8.10. The van der Waals surface area contributed by atoms with E-state index in [1.54, 1.807) is 7.05 Å². The van der Waals surface area contributed by atoms with E-state index in [1.807, 2.05) is 41.3 Å². The molecule has 1 amide bonds. The van der Waals surface area contributed by atoms with Crippen molar-refractivity contribution < 1.29 is 4.79 Å². The third-order valence-corrected chi connectivity index (χ3v) is 5.32. The molecule has 30 heavy (non-hydrogen) atoms. The molecule has 3 N–H and O–H groups in total. The lowest BCUT2D eigenvalue weighted by molar-refractivity contribution is -0.122. The molecule has 1 aliphatic rings. The highest BCUT2D eigenvalue weighted by Gasteiger charge is 2.21. The minimum atomic E-state index is 0.0652. The van der Waals surface area contributed by atoms with Gasteiger partial charge in [0.2, 0.25) is 5.91 Å². The molecule has 162 valence electrons. The number of carbonyl (C=O) groups excluding carboxylic acids is 1. The lowest BCUT2D eigenvalue weighted by Gasteiger charge is -2.32. The van der Waals surface area contributed by atoms with Gasteiger partial charge in [0.15, 0.2) is 5.96 Å². The summed E-state index contributed by atoms with van der Waals surface area (Å²) in [6.45, 7) is 5.66. The second-order valence-electron chi connectivity index (χ2n) is 7.33. The van der Waals surface area contributed by atoms with E-state index in [0.717, 1.165) is 49.7 Å². The molecule has 0 atom stereocenters. The minimum Gasteiger partial charge on any atom is -0.358 e. The monoisotopic (exact) mass is 431 g/mol. The molecule has 2 aromatic rings. The first-order valence-electron chi connectivity index (χ1n) is 10.3. The van der Waals surface area contributed by atoms with Gasteiger partial charge in [0.25, 0.3) is 0 Å². The van der Waals surface area contributed by atoms with Gasteiger partial charge in [-0.15, -0.1) is 0 Å². The van der Waals surface area contributed by atoms with Gasteiger partial charge in [-0.2, -0.15) is 5.10 Å². The summed E-state index contributed by atoms with van der Waals surface area (Å²) >= 11 is 5.95. The number of aliphatic imine (C=N–C) groups is 1. The van der Waals surface area contributed by atoms with Crippen molar-refractivity contribution in [1.82, 2.24) is 30.6 Å². The maximum atomic E-state index is 11.5. The number of amides is 1. The molecule has 9 heteroatoms. The van der Waals surface area contributed by atoms with Crippen molar-refractivity contribution >= 4 is 23.5 Å². The first kappa shape index (κ1) is 22.1. The standard InChI is InChI=1S/C21H30ClN7O/c1-3-24-21(27-18-8-10-28(11-9-18)15-20(30)23-2)25-12-16-13-26-29(14-16)19-6-4-17(22)5-7-19/h4-7,13-14,18H,3,8-12,15H2,1-2H3,(H,23,30)(H2,24,25,27). The number of hydrogen-bond acceptors (Lipinski definition) is 4. The maximum absolute atomic E-state index is 11.5. The Balaban J connectivity index is 1.54. The smallest absolute Gasteiger partial charge is 0.233 e. The Morgan fingerprint density at radius 2 is 2.00 bits per heavy atom. The van der Waals surface area contributed by atoms with Crippen LogP contribution in [0.3, 0.4) is 0 Å². The number of halogens is 1. The lowest BCUT2D eigenvalue weighted by Crippen LogP contribution is -2.50. The van der Waals surface area contributed by atoms with Crippen molar-refractivity contribution in [3.63, 3.8) is 0 Å². The molecule has 0 saturated carbocycles. The second-order valence-corrected chi connectivity index (χ2v) is 7.77. The summed E-state index contributed by atoms with van der Waals surface area (Å²) in [6, 6.07) is 7.92. The Morgan fingerprint density at radius 1 is 1.27 bits per heavy atom. The largest absolute Gasteiger partial charge is 0.358 e. The number of nitrogens with one attached hydrogen (secondary N) is 3. The summed E-state index contributed by atoms with van der Waals surface area (Å²) in [5, 5.41) is 14.7. The molecule has 1 aromatic carbocycles. The summed E-state index contributed by atoms with van der Waals surface area (Å²) in [5.41, 5.74) is 1.99. The molecule has 1 fully saturated rings.